The van der Waals surface area contributed by atoms with Gasteiger partial charge in [-0.2, -0.15) is 0 Å². The van der Waals surface area contributed by atoms with Crippen LogP contribution >= 0.6 is 15.9 Å². The lowest BCUT2D eigenvalue weighted by Gasteiger charge is -2.12. The van der Waals surface area contributed by atoms with E-state index in [-0.39, 0.29) is 22.2 Å². The van der Waals surface area contributed by atoms with Crippen LogP contribution in [0, 0.1) is 11.6 Å². The summed E-state index contributed by atoms with van der Waals surface area (Å²) in [6.45, 7) is 0. The molecule has 2 N–H and O–H groups in total. The summed E-state index contributed by atoms with van der Waals surface area (Å²) in [7, 11) is -3.26. The van der Waals surface area contributed by atoms with Gasteiger partial charge in [-0.25, -0.2) is 17.2 Å². The summed E-state index contributed by atoms with van der Waals surface area (Å²) in [6.07, 6.45) is 0.866. The highest BCUT2D eigenvalue weighted by Gasteiger charge is 2.18. The summed E-state index contributed by atoms with van der Waals surface area (Å²) in [4.78, 5) is 0. The second-order valence-corrected chi connectivity index (χ2v) is 6.92. The van der Waals surface area contributed by atoms with Crippen molar-refractivity contribution in [1.29, 1.82) is 0 Å². The van der Waals surface area contributed by atoms with Gasteiger partial charge < -0.3 is 5.73 Å². The molecule has 0 saturated heterocycles. The Balaban J connectivity index is 2.92. The predicted octanol–water partition coefficient (Wildman–Crippen LogP) is 1.64. The highest BCUT2D eigenvalue weighted by Crippen LogP contribution is 2.22. The number of hydrogen-bond acceptors (Lipinski definition) is 3. The van der Waals surface area contributed by atoms with E-state index in [1.807, 2.05) is 0 Å². The molecule has 1 atom stereocenters. The van der Waals surface area contributed by atoms with Crippen LogP contribution in [0.2, 0.25) is 0 Å². The number of rotatable bonds is 4. The van der Waals surface area contributed by atoms with Gasteiger partial charge in [0.15, 0.2) is 0 Å². The average molecular weight is 328 g/mol. The molecule has 0 radical (unpaired) electrons. The van der Waals surface area contributed by atoms with Crippen LogP contribution in [0.15, 0.2) is 16.6 Å². The average Bonchev–Trinajstić information content (AvgIpc) is 2.16. The smallest absolute Gasteiger partial charge is 0.148 e. The molecule has 1 aromatic rings. The molecule has 0 amide bonds. The fourth-order valence-corrected chi connectivity index (χ4v) is 2.73. The van der Waals surface area contributed by atoms with Crippen molar-refractivity contribution < 1.29 is 17.2 Å². The lowest BCUT2D eigenvalue weighted by atomic mass is 10.1. The van der Waals surface area contributed by atoms with Crippen LogP contribution in [0.3, 0.4) is 0 Å². The first-order valence-corrected chi connectivity index (χ1v) is 7.61. The quantitative estimate of drug-likeness (QED) is 0.855. The van der Waals surface area contributed by atoms with Crippen molar-refractivity contribution >= 4 is 25.8 Å². The zero-order valence-electron chi connectivity index (χ0n) is 9.08. The minimum Gasteiger partial charge on any atom is -0.326 e. The van der Waals surface area contributed by atoms with Crippen LogP contribution in [-0.2, 0) is 16.3 Å². The minimum atomic E-state index is -3.26. The first-order chi connectivity index (χ1) is 7.70. The third-order valence-corrected chi connectivity index (χ3v) is 3.77. The second-order valence-electron chi connectivity index (χ2n) is 3.88. The third kappa shape index (κ3) is 4.33. The Labute approximate surface area is 107 Å². The number of nitrogens with two attached hydrogens (primary N) is 1. The largest absolute Gasteiger partial charge is 0.326 e. The topological polar surface area (TPSA) is 60.2 Å². The van der Waals surface area contributed by atoms with Crippen LogP contribution in [0.1, 0.15) is 5.56 Å². The van der Waals surface area contributed by atoms with Crippen molar-refractivity contribution in [3.05, 3.63) is 33.8 Å². The van der Waals surface area contributed by atoms with Gasteiger partial charge in [-0.3, -0.25) is 0 Å². The number of halogens is 3. The molecule has 0 aliphatic heterocycles. The Hall–Kier alpha value is -0.530. The van der Waals surface area contributed by atoms with Crippen molar-refractivity contribution in [3.8, 4) is 0 Å². The Bertz CT molecular complexity index is 519. The van der Waals surface area contributed by atoms with Gasteiger partial charge in [-0.05, 0) is 34.5 Å². The van der Waals surface area contributed by atoms with Gasteiger partial charge in [-0.15, -0.1) is 0 Å². The lowest BCUT2D eigenvalue weighted by molar-refractivity contribution is 0.535. The molecule has 96 valence electrons. The maximum atomic E-state index is 13.6. The molecule has 7 heteroatoms. The van der Waals surface area contributed by atoms with Crippen molar-refractivity contribution in [2.24, 2.45) is 5.73 Å². The SMILES string of the molecule is CS(=O)(=O)CC(N)Cc1c(F)ccc(Br)c1F. The Morgan fingerprint density at radius 3 is 2.53 bits per heavy atom. The van der Waals surface area contributed by atoms with Crippen LogP contribution in [-0.4, -0.2) is 26.5 Å². The summed E-state index contributed by atoms with van der Waals surface area (Å²) in [6, 6.07) is 1.52. The summed E-state index contributed by atoms with van der Waals surface area (Å²) in [5.74, 6) is -1.78. The molecule has 1 unspecified atom stereocenters. The maximum Gasteiger partial charge on any atom is 0.148 e. The lowest BCUT2D eigenvalue weighted by Crippen LogP contribution is -2.32. The Morgan fingerprint density at radius 1 is 1.41 bits per heavy atom. The molecule has 0 heterocycles. The van der Waals surface area contributed by atoms with Gasteiger partial charge >= 0.3 is 0 Å². The van der Waals surface area contributed by atoms with Crippen molar-refractivity contribution in [3.63, 3.8) is 0 Å². The highest BCUT2D eigenvalue weighted by atomic mass is 79.9. The van der Waals surface area contributed by atoms with Gasteiger partial charge in [0.1, 0.15) is 21.5 Å². The van der Waals surface area contributed by atoms with Crippen molar-refractivity contribution in [2.45, 2.75) is 12.5 Å². The van der Waals surface area contributed by atoms with Gasteiger partial charge in [-0.1, -0.05) is 0 Å². The molecule has 0 aliphatic carbocycles. The predicted molar refractivity (Wildman–Crippen MR) is 65.4 cm³/mol. The molecular weight excluding hydrogens is 316 g/mol. The molecule has 17 heavy (non-hydrogen) atoms. The molecule has 3 nitrogen and oxygen atoms in total. The second kappa shape index (κ2) is 5.41. The Morgan fingerprint density at radius 2 is 2.00 bits per heavy atom. The van der Waals surface area contributed by atoms with Gasteiger partial charge in [0, 0.05) is 17.9 Å². The summed E-state index contributed by atoms with van der Waals surface area (Å²) in [5.41, 5.74) is 5.35. The van der Waals surface area contributed by atoms with E-state index < -0.39 is 27.5 Å². The van der Waals surface area contributed by atoms with E-state index >= 15 is 0 Å². The van der Waals surface area contributed by atoms with Gasteiger partial charge in [0.05, 0.1) is 10.2 Å². The molecule has 0 spiro atoms. The van der Waals surface area contributed by atoms with Crippen LogP contribution in [0.5, 0.6) is 0 Å². The molecule has 0 aliphatic rings. The molecule has 0 fully saturated rings. The van der Waals surface area contributed by atoms with Crippen molar-refractivity contribution in [2.75, 3.05) is 12.0 Å². The van der Waals surface area contributed by atoms with E-state index in [0.717, 1.165) is 12.3 Å². The Kier molecular flexibility index (Phi) is 4.62. The van der Waals surface area contributed by atoms with Crippen LogP contribution < -0.4 is 5.73 Å². The van der Waals surface area contributed by atoms with Crippen LogP contribution in [0.25, 0.3) is 0 Å². The first kappa shape index (κ1) is 14.5. The molecule has 1 rings (SSSR count). The molecule has 0 aromatic heterocycles. The van der Waals surface area contributed by atoms with E-state index in [4.69, 9.17) is 5.73 Å². The first-order valence-electron chi connectivity index (χ1n) is 4.76. The maximum absolute atomic E-state index is 13.6. The zero-order valence-corrected chi connectivity index (χ0v) is 11.5. The summed E-state index contributed by atoms with van der Waals surface area (Å²) in [5, 5.41) is 0. The van der Waals surface area contributed by atoms with E-state index in [1.54, 1.807) is 0 Å². The van der Waals surface area contributed by atoms with Gasteiger partial charge in [0.25, 0.3) is 0 Å². The van der Waals surface area contributed by atoms with E-state index in [9.17, 15) is 17.2 Å². The highest BCUT2D eigenvalue weighted by molar-refractivity contribution is 9.10. The van der Waals surface area contributed by atoms with E-state index in [0.29, 0.717) is 0 Å². The molecule has 1 aromatic carbocycles. The fourth-order valence-electron chi connectivity index (χ4n) is 1.47. The minimum absolute atomic E-state index is 0.125. The third-order valence-electron chi connectivity index (χ3n) is 2.12. The number of benzene rings is 1. The molecular formula is C10H12BrF2NO2S. The van der Waals surface area contributed by atoms with E-state index in [2.05, 4.69) is 15.9 Å². The number of hydrogen-bond donors (Lipinski definition) is 1. The van der Waals surface area contributed by atoms with Crippen molar-refractivity contribution in [1.82, 2.24) is 0 Å². The zero-order chi connectivity index (χ0) is 13.2. The summed E-state index contributed by atoms with van der Waals surface area (Å²) >= 11 is 2.93. The summed E-state index contributed by atoms with van der Waals surface area (Å²) < 4.78 is 49.0. The van der Waals surface area contributed by atoms with E-state index in [1.165, 1.54) is 6.07 Å². The van der Waals surface area contributed by atoms with Crippen LogP contribution in [0.4, 0.5) is 8.78 Å². The van der Waals surface area contributed by atoms with Gasteiger partial charge in [0.2, 0.25) is 0 Å². The monoisotopic (exact) mass is 327 g/mol. The number of sulfone groups is 1. The fraction of sp³-hybridized carbons (Fsp3) is 0.400. The molecule has 0 bridgehead atoms. The molecule has 0 saturated carbocycles. The standard InChI is InChI=1S/C10H12BrF2NO2S/c1-17(15,16)5-6(14)4-7-9(12)3-2-8(11)10(7)13/h2-3,6H,4-5,14H2,1H3. The normalized spacial score (nSPS) is 13.7.